The van der Waals surface area contributed by atoms with Gasteiger partial charge in [0.05, 0.1) is 6.10 Å². The molecule has 0 heterocycles. The standard InChI is InChI=1S/C12H18O/c1-8(2)12(13)11-9(3)6-5-7-10(11)4/h5-8,12-13H,1-4H3. The van der Waals surface area contributed by atoms with Gasteiger partial charge in [-0.2, -0.15) is 0 Å². The van der Waals surface area contributed by atoms with E-state index in [0.29, 0.717) is 0 Å². The number of aliphatic hydroxyl groups excluding tert-OH is 1. The second-order valence-corrected chi connectivity index (χ2v) is 3.99. The van der Waals surface area contributed by atoms with Crippen LogP contribution in [0.25, 0.3) is 0 Å². The van der Waals surface area contributed by atoms with Gasteiger partial charge in [0.1, 0.15) is 0 Å². The quantitative estimate of drug-likeness (QED) is 0.738. The van der Waals surface area contributed by atoms with Crippen LogP contribution in [0.3, 0.4) is 0 Å². The molecule has 1 aromatic rings. The molecule has 0 fully saturated rings. The average molecular weight is 178 g/mol. The smallest absolute Gasteiger partial charge is 0.0818 e. The number of hydrogen-bond acceptors (Lipinski definition) is 1. The molecule has 13 heavy (non-hydrogen) atoms. The van der Waals surface area contributed by atoms with Crippen molar-refractivity contribution in [3.63, 3.8) is 0 Å². The lowest BCUT2D eigenvalue weighted by Crippen LogP contribution is -2.08. The lowest BCUT2D eigenvalue weighted by Gasteiger charge is -2.19. The van der Waals surface area contributed by atoms with Gasteiger partial charge in [0, 0.05) is 0 Å². The van der Waals surface area contributed by atoms with Gasteiger partial charge in [-0.15, -0.1) is 0 Å². The first-order valence-electron chi connectivity index (χ1n) is 4.78. The van der Waals surface area contributed by atoms with E-state index in [0.717, 1.165) is 5.56 Å². The summed E-state index contributed by atoms with van der Waals surface area (Å²) in [6.45, 7) is 8.18. The topological polar surface area (TPSA) is 20.2 Å². The van der Waals surface area contributed by atoms with E-state index < -0.39 is 0 Å². The van der Waals surface area contributed by atoms with Gasteiger partial charge >= 0.3 is 0 Å². The first kappa shape index (κ1) is 10.3. The summed E-state index contributed by atoms with van der Waals surface area (Å²) in [7, 11) is 0. The number of aliphatic hydroxyl groups is 1. The maximum Gasteiger partial charge on any atom is 0.0818 e. The normalized spacial score (nSPS) is 13.4. The zero-order valence-corrected chi connectivity index (χ0v) is 8.83. The van der Waals surface area contributed by atoms with Gasteiger partial charge < -0.3 is 5.11 Å². The third-order valence-corrected chi connectivity index (χ3v) is 2.47. The van der Waals surface area contributed by atoms with Crippen molar-refractivity contribution in [1.29, 1.82) is 0 Å². The van der Waals surface area contributed by atoms with Crippen LogP contribution in [0.4, 0.5) is 0 Å². The van der Waals surface area contributed by atoms with Gasteiger partial charge in [-0.05, 0) is 36.5 Å². The first-order chi connectivity index (χ1) is 6.04. The maximum absolute atomic E-state index is 9.96. The molecule has 0 saturated heterocycles. The molecule has 0 saturated carbocycles. The molecule has 0 aromatic heterocycles. The summed E-state index contributed by atoms with van der Waals surface area (Å²) in [6.07, 6.45) is -0.332. The Morgan fingerprint density at radius 1 is 1.08 bits per heavy atom. The molecule has 0 aliphatic heterocycles. The SMILES string of the molecule is Cc1cccc(C)c1C(O)C(C)C. The number of benzene rings is 1. The highest BCUT2D eigenvalue weighted by Gasteiger charge is 2.15. The Morgan fingerprint density at radius 3 is 1.92 bits per heavy atom. The molecule has 0 aliphatic carbocycles. The van der Waals surface area contributed by atoms with Crippen LogP contribution in [-0.2, 0) is 0 Å². The zero-order chi connectivity index (χ0) is 10.0. The van der Waals surface area contributed by atoms with Gasteiger partial charge in [0.2, 0.25) is 0 Å². The molecule has 0 spiro atoms. The fraction of sp³-hybridized carbons (Fsp3) is 0.500. The van der Waals surface area contributed by atoms with Crippen LogP contribution in [0.15, 0.2) is 18.2 Å². The van der Waals surface area contributed by atoms with Gasteiger partial charge in [-0.25, -0.2) is 0 Å². The Morgan fingerprint density at radius 2 is 1.54 bits per heavy atom. The number of hydrogen-bond donors (Lipinski definition) is 1. The van der Waals surface area contributed by atoms with E-state index in [-0.39, 0.29) is 12.0 Å². The minimum atomic E-state index is -0.332. The summed E-state index contributed by atoms with van der Waals surface area (Å²) in [4.78, 5) is 0. The Hall–Kier alpha value is -0.820. The molecule has 1 nitrogen and oxygen atoms in total. The predicted molar refractivity (Wildman–Crippen MR) is 55.7 cm³/mol. The van der Waals surface area contributed by atoms with E-state index in [1.165, 1.54) is 11.1 Å². The highest BCUT2D eigenvalue weighted by atomic mass is 16.3. The van der Waals surface area contributed by atoms with Crippen LogP contribution in [0.2, 0.25) is 0 Å². The van der Waals surface area contributed by atoms with E-state index in [2.05, 4.69) is 0 Å². The van der Waals surface area contributed by atoms with Crippen molar-refractivity contribution in [3.05, 3.63) is 34.9 Å². The molecule has 0 aliphatic rings. The van der Waals surface area contributed by atoms with Crippen LogP contribution < -0.4 is 0 Å². The van der Waals surface area contributed by atoms with Crippen molar-refractivity contribution < 1.29 is 5.11 Å². The Bertz CT molecular complexity index is 269. The second-order valence-electron chi connectivity index (χ2n) is 3.99. The van der Waals surface area contributed by atoms with Crippen molar-refractivity contribution in [3.8, 4) is 0 Å². The lowest BCUT2D eigenvalue weighted by molar-refractivity contribution is 0.125. The molecule has 0 bridgehead atoms. The Balaban J connectivity index is 3.12. The van der Waals surface area contributed by atoms with E-state index in [9.17, 15) is 5.11 Å². The van der Waals surface area contributed by atoms with Crippen LogP contribution >= 0.6 is 0 Å². The molecular formula is C12H18O. The van der Waals surface area contributed by atoms with Crippen LogP contribution in [0.1, 0.15) is 36.6 Å². The minimum Gasteiger partial charge on any atom is -0.388 e. The van der Waals surface area contributed by atoms with Crippen molar-refractivity contribution >= 4 is 0 Å². The molecule has 1 rings (SSSR count). The van der Waals surface area contributed by atoms with E-state index >= 15 is 0 Å². The Kier molecular flexibility index (Phi) is 3.10. The highest BCUT2D eigenvalue weighted by molar-refractivity contribution is 5.35. The van der Waals surface area contributed by atoms with Crippen molar-refractivity contribution in [2.24, 2.45) is 5.92 Å². The lowest BCUT2D eigenvalue weighted by atomic mass is 9.92. The highest BCUT2D eigenvalue weighted by Crippen LogP contribution is 2.27. The van der Waals surface area contributed by atoms with Crippen molar-refractivity contribution in [2.75, 3.05) is 0 Å². The monoisotopic (exact) mass is 178 g/mol. The summed E-state index contributed by atoms with van der Waals surface area (Å²) >= 11 is 0. The van der Waals surface area contributed by atoms with Crippen LogP contribution in [0.5, 0.6) is 0 Å². The van der Waals surface area contributed by atoms with Gasteiger partial charge in [-0.3, -0.25) is 0 Å². The van der Waals surface area contributed by atoms with Gasteiger partial charge in [-0.1, -0.05) is 32.0 Å². The number of rotatable bonds is 2. The summed E-state index contributed by atoms with van der Waals surface area (Å²) in [6, 6.07) is 6.13. The van der Waals surface area contributed by atoms with E-state index in [1.807, 2.05) is 45.9 Å². The average Bonchev–Trinajstić information content (AvgIpc) is 2.03. The molecular weight excluding hydrogens is 160 g/mol. The maximum atomic E-state index is 9.96. The summed E-state index contributed by atoms with van der Waals surface area (Å²) in [5.41, 5.74) is 3.46. The molecule has 1 aromatic carbocycles. The van der Waals surface area contributed by atoms with Crippen LogP contribution in [-0.4, -0.2) is 5.11 Å². The van der Waals surface area contributed by atoms with E-state index in [1.54, 1.807) is 0 Å². The molecule has 1 heteroatoms. The molecule has 1 atom stereocenters. The van der Waals surface area contributed by atoms with Crippen LogP contribution in [0, 0.1) is 19.8 Å². The van der Waals surface area contributed by atoms with Gasteiger partial charge in [0.15, 0.2) is 0 Å². The Labute approximate surface area is 80.4 Å². The first-order valence-corrected chi connectivity index (χ1v) is 4.78. The van der Waals surface area contributed by atoms with Crippen molar-refractivity contribution in [2.45, 2.75) is 33.8 Å². The molecule has 1 unspecified atom stereocenters. The zero-order valence-electron chi connectivity index (χ0n) is 8.83. The van der Waals surface area contributed by atoms with Gasteiger partial charge in [0.25, 0.3) is 0 Å². The minimum absolute atomic E-state index is 0.278. The summed E-state index contributed by atoms with van der Waals surface area (Å²) in [5, 5.41) is 9.96. The summed E-state index contributed by atoms with van der Waals surface area (Å²) < 4.78 is 0. The number of aryl methyl sites for hydroxylation is 2. The third kappa shape index (κ3) is 2.10. The van der Waals surface area contributed by atoms with E-state index in [4.69, 9.17) is 0 Å². The predicted octanol–water partition coefficient (Wildman–Crippen LogP) is 2.99. The molecule has 72 valence electrons. The fourth-order valence-electron chi connectivity index (χ4n) is 1.63. The largest absolute Gasteiger partial charge is 0.388 e. The fourth-order valence-corrected chi connectivity index (χ4v) is 1.63. The molecule has 0 radical (unpaired) electrons. The second kappa shape index (κ2) is 3.93. The summed E-state index contributed by atoms with van der Waals surface area (Å²) in [5.74, 6) is 0.278. The third-order valence-electron chi connectivity index (χ3n) is 2.47. The molecule has 0 amide bonds. The molecule has 1 N–H and O–H groups in total. The van der Waals surface area contributed by atoms with Crippen molar-refractivity contribution in [1.82, 2.24) is 0 Å².